The van der Waals surface area contributed by atoms with Crippen LogP contribution in [-0.4, -0.2) is 14.6 Å². The topological polar surface area (TPSA) is 55.4 Å². The van der Waals surface area contributed by atoms with E-state index in [1.807, 2.05) is 32.2 Å². The van der Waals surface area contributed by atoms with Crippen LogP contribution in [0.2, 0.25) is 0 Å². The van der Waals surface area contributed by atoms with E-state index in [4.69, 9.17) is 4.42 Å². The van der Waals surface area contributed by atoms with E-state index in [-0.39, 0.29) is 6.04 Å². The normalized spacial score (nSPS) is 12.8. The second-order valence-electron chi connectivity index (χ2n) is 4.68. The lowest BCUT2D eigenvalue weighted by Crippen LogP contribution is -2.08. The molecule has 19 heavy (non-hydrogen) atoms. The summed E-state index contributed by atoms with van der Waals surface area (Å²) in [5.41, 5.74) is 1.99. The Bertz CT molecular complexity index is 713. The van der Waals surface area contributed by atoms with Gasteiger partial charge < -0.3 is 9.73 Å². The van der Waals surface area contributed by atoms with E-state index >= 15 is 0 Å². The Balaban J connectivity index is 1.85. The van der Waals surface area contributed by atoms with Crippen LogP contribution in [0.15, 0.2) is 35.0 Å². The van der Waals surface area contributed by atoms with Gasteiger partial charge in [0.15, 0.2) is 5.65 Å². The molecule has 5 nitrogen and oxygen atoms in total. The number of aromatic nitrogens is 3. The van der Waals surface area contributed by atoms with E-state index in [2.05, 4.69) is 28.4 Å². The summed E-state index contributed by atoms with van der Waals surface area (Å²) in [6.45, 7) is 6.04. The van der Waals surface area contributed by atoms with Crippen molar-refractivity contribution in [2.75, 3.05) is 5.32 Å². The van der Waals surface area contributed by atoms with Gasteiger partial charge in [-0.15, -0.1) is 0 Å². The first kappa shape index (κ1) is 11.8. The molecule has 0 aliphatic carbocycles. The number of aryl methyl sites for hydroxylation is 2. The maximum absolute atomic E-state index is 5.56. The number of hydrogen-bond donors (Lipinski definition) is 1. The van der Waals surface area contributed by atoms with E-state index in [0.29, 0.717) is 0 Å². The average molecular weight is 256 g/mol. The van der Waals surface area contributed by atoms with Gasteiger partial charge >= 0.3 is 0 Å². The third kappa shape index (κ3) is 2.19. The van der Waals surface area contributed by atoms with Gasteiger partial charge in [0, 0.05) is 17.8 Å². The zero-order valence-corrected chi connectivity index (χ0v) is 11.2. The van der Waals surface area contributed by atoms with Crippen LogP contribution in [0.1, 0.15) is 30.0 Å². The summed E-state index contributed by atoms with van der Waals surface area (Å²) in [6.07, 6.45) is 3.63. The average Bonchev–Trinajstić information content (AvgIpc) is 2.94. The van der Waals surface area contributed by atoms with Gasteiger partial charge in [0.25, 0.3) is 0 Å². The molecule has 0 aliphatic heterocycles. The number of furan rings is 1. The minimum Gasteiger partial charge on any atom is -0.466 e. The summed E-state index contributed by atoms with van der Waals surface area (Å²) in [4.78, 5) is 4.50. The molecule has 3 heterocycles. The molecule has 0 amide bonds. The van der Waals surface area contributed by atoms with Crippen molar-refractivity contribution >= 4 is 11.5 Å². The van der Waals surface area contributed by atoms with Gasteiger partial charge in [-0.05, 0) is 32.9 Å². The molecule has 1 atom stereocenters. The summed E-state index contributed by atoms with van der Waals surface area (Å²) in [5.74, 6) is 2.71. The van der Waals surface area contributed by atoms with Gasteiger partial charge in [-0.25, -0.2) is 9.50 Å². The zero-order valence-electron chi connectivity index (χ0n) is 11.2. The Kier molecular flexibility index (Phi) is 2.74. The fourth-order valence-electron chi connectivity index (χ4n) is 2.27. The van der Waals surface area contributed by atoms with Crippen LogP contribution in [0.4, 0.5) is 5.82 Å². The molecule has 0 saturated heterocycles. The maximum atomic E-state index is 5.56. The Morgan fingerprint density at radius 3 is 2.89 bits per heavy atom. The van der Waals surface area contributed by atoms with Gasteiger partial charge in [0.2, 0.25) is 0 Å². The van der Waals surface area contributed by atoms with E-state index in [0.717, 1.165) is 28.5 Å². The second-order valence-corrected chi connectivity index (χ2v) is 4.68. The fourth-order valence-corrected chi connectivity index (χ4v) is 2.27. The summed E-state index contributed by atoms with van der Waals surface area (Å²) >= 11 is 0. The number of anilines is 1. The molecular weight excluding hydrogens is 240 g/mol. The van der Waals surface area contributed by atoms with Crippen molar-refractivity contribution in [3.05, 3.63) is 47.7 Å². The Hall–Kier alpha value is -2.30. The van der Waals surface area contributed by atoms with Gasteiger partial charge in [0.05, 0.1) is 12.2 Å². The summed E-state index contributed by atoms with van der Waals surface area (Å²) in [7, 11) is 0. The van der Waals surface area contributed by atoms with Crippen molar-refractivity contribution in [1.29, 1.82) is 0 Å². The number of nitrogens with zero attached hydrogens (tertiary/aromatic N) is 3. The van der Waals surface area contributed by atoms with Crippen molar-refractivity contribution in [3.8, 4) is 0 Å². The van der Waals surface area contributed by atoms with Crippen molar-refractivity contribution in [2.24, 2.45) is 0 Å². The summed E-state index contributed by atoms with van der Waals surface area (Å²) in [6, 6.07) is 6.00. The predicted octanol–water partition coefficient (Wildman–Crippen LogP) is 3.11. The highest BCUT2D eigenvalue weighted by Gasteiger charge is 2.13. The molecule has 0 bridgehead atoms. The zero-order chi connectivity index (χ0) is 13.4. The molecule has 1 unspecified atom stereocenters. The lowest BCUT2D eigenvalue weighted by atomic mass is 10.1. The summed E-state index contributed by atoms with van der Waals surface area (Å²) < 4.78 is 7.30. The van der Waals surface area contributed by atoms with Crippen LogP contribution in [0.5, 0.6) is 0 Å². The van der Waals surface area contributed by atoms with Crippen LogP contribution < -0.4 is 5.32 Å². The molecule has 5 heteroatoms. The number of fused-ring (bicyclic) bond motifs is 1. The molecule has 98 valence electrons. The molecule has 0 saturated carbocycles. The monoisotopic (exact) mass is 256 g/mol. The van der Waals surface area contributed by atoms with Crippen LogP contribution in [0.3, 0.4) is 0 Å². The molecule has 3 aromatic heterocycles. The number of hydrogen-bond acceptors (Lipinski definition) is 4. The third-order valence-electron chi connectivity index (χ3n) is 3.17. The first-order valence-electron chi connectivity index (χ1n) is 6.27. The summed E-state index contributed by atoms with van der Waals surface area (Å²) in [5, 5.41) is 7.51. The van der Waals surface area contributed by atoms with Crippen molar-refractivity contribution in [2.45, 2.75) is 26.8 Å². The van der Waals surface area contributed by atoms with Crippen molar-refractivity contribution in [1.82, 2.24) is 14.6 Å². The van der Waals surface area contributed by atoms with E-state index in [1.54, 1.807) is 10.7 Å². The lowest BCUT2D eigenvalue weighted by molar-refractivity contribution is 0.500. The van der Waals surface area contributed by atoms with Gasteiger partial charge in [-0.3, -0.25) is 0 Å². The van der Waals surface area contributed by atoms with Gasteiger partial charge in [-0.1, -0.05) is 0 Å². The molecule has 3 rings (SSSR count). The molecule has 0 aromatic carbocycles. The highest BCUT2D eigenvalue weighted by Crippen LogP contribution is 2.24. The fraction of sp³-hybridized carbons (Fsp3) is 0.286. The van der Waals surface area contributed by atoms with Crippen LogP contribution in [0, 0.1) is 13.8 Å². The quantitative estimate of drug-likeness (QED) is 0.782. The highest BCUT2D eigenvalue weighted by atomic mass is 16.3. The van der Waals surface area contributed by atoms with Crippen LogP contribution in [0.25, 0.3) is 5.65 Å². The Labute approximate surface area is 111 Å². The highest BCUT2D eigenvalue weighted by molar-refractivity contribution is 5.47. The molecular formula is C14H16N4O. The first-order valence-corrected chi connectivity index (χ1v) is 6.27. The predicted molar refractivity (Wildman–Crippen MR) is 73.2 cm³/mol. The molecule has 0 fully saturated rings. The van der Waals surface area contributed by atoms with Gasteiger partial charge in [0.1, 0.15) is 17.3 Å². The smallest absolute Gasteiger partial charge is 0.157 e. The first-order chi connectivity index (χ1) is 9.13. The third-order valence-corrected chi connectivity index (χ3v) is 3.17. The van der Waals surface area contributed by atoms with Crippen LogP contribution >= 0.6 is 0 Å². The van der Waals surface area contributed by atoms with Crippen molar-refractivity contribution in [3.63, 3.8) is 0 Å². The Morgan fingerprint density at radius 1 is 1.32 bits per heavy atom. The lowest BCUT2D eigenvalue weighted by Gasteiger charge is -2.13. The van der Waals surface area contributed by atoms with Gasteiger partial charge in [-0.2, -0.15) is 5.10 Å². The minimum atomic E-state index is 0.148. The molecule has 0 spiro atoms. The van der Waals surface area contributed by atoms with Crippen LogP contribution in [-0.2, 0) is 0 Å². The minimum absolute atomic E-state index is 0.148. The van der Waals surface area contributed by atoms with Crippen molar-refractivity contribution < 1.29 is 4.42 Å². The maximum Gasteiger partial charge on any atom is 0.157 e. The molecule has 0 aliphatic rings. The largest absolute Gasteiger partial charge is 0.466 e. The van der Waals surface area contributed by atoms with E-state index < -0.39 is 0 Å². The Morgan fingerprint density at radius 2 is 2.16 bits per heavy atom. The second kappa shape index (κ2) is 4.42. The molecule has 0 radical (unpaired) electrons. The number of rotatable bonds is 3. The number of nitrogens with one attached hydrogen (secondary N) is 1. The SMILES string of the molecule is Cc1cc(C(C)Nc2ccn3nccc3n2)c(C)o1. The van der Waals surface area contributed by atoms with E-state index in [1.165, 1.54) is 0 Å². The van der Waals surface area contributed by atoms with E-state index in [9.17, 15) is 0 Å². The molecule has 3 aromatic rings. The molecule has 1 N–H and O–H groups in total. The standard InChI is InChI=1S/C14H16N4O/c1-9-8-12(11(3)19-9)10(2)16-13-5-7-18-14(17-13)4-6-15-18/h4-8,10H,1-3H3,(H,16,17).